The number of hydrogen-bond acceptors (Lipinski definition) is 3. The summed E-state index contributed by atoms with van der Waals surface area (Å²) in [5.41, 5.74) is -1.87. The van der Waals surface area contributed by atoms with Crippen LogP contribution in [0.2, 0.25) is 0 Å². The van der Waals surface area contributed by atoms with Crippen molar-refractivity contribution in [2.24, 2.45) is 0 Å². The number of rotatable bonds is 5. The van der Waals surface area contributed by atoms with Crippen LogP contribution in [0.1, 0.15) is 26.3 Å². The topological polar surface area (TPSA) is 75.6 Å². The molecule has 3 aromatic rings. The second-order valence-corrected chi connectivity index (χ2v) is 6.19. The Bertz CT molecular complexity index is 1140. The number of alkyl halides is 3. The third-order valence-electron chi connectivity index (χ3n) is 4.06. The third kappa shape index (κ3) is 4.97. The molecule has 0 aromatic heterocycles. The summed E-state index contributed by atoms with van der Waals surface area (Å²) in [6.07, 6.45) is -4.94. The lowest BCUT2D eigenvalue weighted by Crippen LogP contribution is -2.16. The van der Waals surface area contributed by atoms with Crippen LogP contribution in [0.5, 0.6) is 11.5 Å². The van der Waals surface area contributed by atoms with Crippen molar-refractivity contribution in [1.82, 2.24) is 0 Å². The first-order chi connectivity index (χ1) is 14.6. The summed E-state index contributed by atoms with van der Waals surface area (Å²) >= 11 is 0. The van der Waals surface area contributed by atoms with Gasteiger partial charge in [-0.05, 0) is 48.5 Å². The predicted octanol–water partition coefficient (Wildman–Crippen LogP) is 5.73. The van der Waals surface area contributed by atoms with Crippen LogP contribution in [-0.4, -0.2) is 17.0 Å². The summed E-state index contributed by atoms with van der Waals surface area (Å²) in [5, 5.41) is 11.2. The molecule has 0 fully saturated rings. The molecule has 160 valence electrons. The lowest BCUT2D eigenvalue weighted by Gasteiger charge is -2.17. The zero-order valence-electron chi connectivity index (χ0n) is 15.3. The smallest absolute Gasteiger partial charge is 0.420 e. The van der Waals surface area contributed by atoms with E-state index in [0.717, 1.165) is 24.3 Å². The molecule has 0 aliphatic rings. The Morgan fingerprint density at radius 1 is 0.935 bits per heavy atom. The van der Waals surface area contributed by atoms with E-state index in [0.29, 0.717) is 12.1 Å². The molecule has 2 N–H and O–H groups in total. The average molecular weight is 437 g/mol. The molecule has 0 saturated carbocycles. The van der Waals surface area contributed by atoms with Crippen LogP contribution in [0, 0.1) is 11.6 Å². The second-order valence-electron chi connectivity index (χ2n) is 6.19. The van der Waals surface area contributed by atoms with Crippen molar-refractivity contribution < 1.29 is 41.4 Å². The highest BCUT2D eigenvalue weighted by atomic mass is 19.4. The Morgan fingerprint density at radius 2 is 1.61 bits per heavy atom. The molecule has 0 heterocycles. The molecule has 0 atom stereocenters. The van der Waals surface area contributed by atoms with Gasteiger partial charge in [-0.25, -0.2) is 13.6 Å². The first-order valence-electron chi connectivity index (χ1n) is 8.54. The van der Waals surface area contributed by atoms with E-state index >= 15 is 0 Å². The number of carbonyl (C=O) groups is 2. The van der Waals surface area contributed by atoms with Gasteiger partial charge in [-0.2, -0.15) is 13.2 Å². The Kier molecular flexibility index (Phi) is 5.91. The first kappa shape index (κ1) is 21.8. The van der Waals surface area contributed by atoms with Crippen LogP contribution in [-0.2, 0) is 6.18 Å². The zero-order chi connectivity index (χ0) is 22.8. The third-order valence-corrected chi connectivity index (χ3v) is 4.06. The molecule has 3 aromatic carbocycles. The summed E-state index contributed by atoms with van der Waals surface area (Å²) in [6, 6.07) is 9.54. The number of ether oxygens (including phenoxy) is 1. The molecule has 0 aliphatic heterocycles. The lowest BCUT2D eigenvalue weighted by atomic mass is 10.1. The van der Waals surface area contributed by atoms with E-state index < -0.39 is 52.3 Å². The number of aromatic carboxylic acids is 1. The van der Waals surface area contributed by atoms with Gasteiger partial charge in [-0.1, -0.05) is 6.07 Å². The lowest BCUT2D eigenvalue weighted by molar-refractivity contribution is -0.138. The largest absolute Gasteiger partial charge is 0.478 e. The highest BCUT2D eigenvalue weighted by Crippen LogP contribution is 2.41. The monoisotopic (exact) mass is 437 g/mol. The number of para-hydroxylation sites is 1. The maximum Gasteiger partial charge on any atom is 0.420 e. The number of benzene rings is 3. The van der Waals surface area contributed by atoms with E-state index in [9.17, 15) is 31.5 Å². The SMILES string of the molecule is O=C(O)c1ccc(NC(=O)c2cccc(C(F)(F)F)c2Oc2ccc(F)cc2F)cc1. The predicted molar refractivity (Wildman–Crippen MR) is 99.2 cm³/mol. The standard InChI is InChI=1S/C21H12F5NO4/c22-12-6-9-17(16(23)10-12)31-18-14(2-1-3-15(18)21(24,25)26)19(28)27-13-7-4-11(5-8-13)20(29)30/h1-10H,(H,27,28)(H,29,30). The van der Waals surface area contributed by atoms with Crippen LogP contribution in [0.15, 0.2) is 60.7 Å². The molecule has 10 heteroatoms. The van der Waals surface area contributed by atoms with Gasteiger partial charge in [-0.15, -0.1) is 0 Å². The van der Waals surface area contributed by atoms with Crippen LogP contribution >= 0.6 is 0 Å². The van der Waals surface area contributed by atoms with Gasteiger partial charge >= 0.3 is 12.1 Å². The van der Waals surface area contributed by atoms with Crippen LogP contribution < -0.4 is 10.1 Å². The fourth-order valence-corrected chi connectivity index (χ4v) is 2.61. The van der Waals surface area contributed by atoms with Crippen molar-refractivity contribution in [1.29, 1.82) is 0 Å². The Balaban J connectivity index is 2.00. The second kappa shape index (κ2) is 8.42. The quantitative estimate of drug-likeness (QED) is 0.500. The van der Waals surface area contributed by atoms with Crippen molar-refractivity contribution >= 4 is 17.6 Å². The van der Waals surface area contributed by atoms with Gasteiger partial charge in [-0.3, -0.25) is 4.79 Å². The van der Waals surface area contributed by atoms with Crippen molar-refractivity contribution in [2.75, 3.05) is 5.32 Å². The summed E-state index contributed by atoms with van der Waals surface area (Å²) < 4.78 is 72.6. The number of hydrogen-bond donors (Lipinski definition) is 2. The fraction of sp³-hybridized carbons (Fsp3) is 0.0476. The first-order valence-corrected chi connectivity index (χ1v) is 8.54. The zero-order valence-corrected chi connectivity index (χ0v) is 15.3. The number of amides is 1. The number of carboxylic acids is 1. The molecule has 0 aliphatic carbocycles. The molecule has 5 nitrogen and oxygen atoms in total. The number of halogens is 5. The minimum atomic E-state index is -4.94. The van der Waals surface area contributed by atoms with Crippen molar-refractivity contribution in [3.63, 3.8) is 0 Å². The van der Waals surface area contributed by atoms with E-state index in [1.807, 2.05) is 0 Å². The van der Waals surface area contributed by atoms with Gasteiger partial charge in [0.2, 0.25) is 0 Å². The fourth-order valence-electron chi connectivity index (χ4n) is 2.61. The Morgan fingerprint density at radius 3 is 2.19 bits per heavy atom. The highest BCUT2D eigenvalue weighted by Gasteiger charge is 2.37. The molecule has 0 spiro atoms. The number of anilines is 1. The van der Waals surface area contributed by atoms with Gasteiger partial charge in [0.1, 0.15) is 5.82 Å². The van der Waals surface area contributed by atoms with Gasteiger partial charge < -0.3 is 15.2 Å². The van der Waals surface area contributed by atoms with Crippen LogP contribution in [0.25, 0.3) is 0 Å². The molecular formula is C21H12F5NO4. The van der Waals surface area contributed by atoms with Crippen molar-refractivity contribution in [3.8, 4) is 11.5 Å². The molecule has 3 rings (SSSR count). The molecule has 0 bridgehead atoms. The van der Waals surface area contributed by atoms with Gasteiger partial charge in [0.25, 0.3) is 5.91 Å². The average Bonchev–Trinajstić information content (AvgIpc) is 2.69. The maximum absolute atomic E-state index is 14.0. The Labute approximate surface area is 171 Å². The molecule has 1 amide bonds. The van der Waals surface area contributed by atoms with Gasteiger partial charge in [0, 0.05) is 11.8 Å². The van der Waals surface area contributed by atoms with E-state index in [4.69, 9.17) is 9.84 Å². The molecule has 0 radical (unpaired) electrons. The van der Waals surface area contributed by atoms with Gasteiger partial charge in [0.05, 0.1) is 16.7 Å². The highest BCUT2D eigenvalue weighted by molar-refractivity contribution is 6.06. The summed E-state index contributed by atoms with van der Waals surface area (Å²) in [4.78, 5) is 23.5. The normalized spacial score (nSPS) is 11.1. The maximum atomic E-state index is 14.0. The van der Waals surface area contributed by atoms with Crippen LogP contribution in [0.3, 0.4) is 0 Å². The molecule has 0 unspecified atom stereocenters. The van der Waals surface area contributed by atoms with Crippen molar-refractivity contribution in [2.45, 2.75) is 6.18 Å². The number of carbonyl (C=O) groups excluding carboxylic acids is 1. The number of carboxylic acid groups (broad SMARTS) is 1. The summed E-state index contributed by atoms with van der Waals surface area (Å²) in [5.74, 6) is -6.12. The van der Waals surface area contributed by atoms with E-state index in [1.54, 1.807) is 0 Å². The molecular weight excluding hydrogens is 425 g/mol. The minimum Gasteiger partial charge on any atom is -0.478 e. The molecule has 31 heavy (non-hydrogen) atoms. The summed E-state index contributed by atoms with van der Waals surface area (Å²) in [6.45, 7) is 0. The van der Waals surface area contributed by atoms with E-state index in [1.165, 1.54) is 24.3 Å². The van der Waals surface area contributed by atoms with Crippen LogP contribution in [0.4, 0.5) is 27.6 Å². The Hall–Kier alpha value is -3.95. The summed E-state index contributed by atoms with van der Waals surface area (Å²) in [7, 11) is 0. The minimum absolute atomic E-state index is 0.0622. The van der Waals surface area contributed by atoms with E-state index in [2.05, 4.69) is 5.32 Å². The van der Waals surface area contributed by atoms with Gasteiger partial charge in [0.15, 0.2) is 17.3 Å². The van der Waals surface area contributed by atoms with E-state index in [-0.39, 0.29) is 11.3 Å². The van der Waals surface area contributed by atoms with Crippen molar-refractivity contribution in [3.05, 3.63) is 89.0 Å². The molecule has 0 saturated heterocycles. The number of nitrogens with one attached hydrogen (secondary N) is 1.